The Morgan fingerprint density at radius 1 is 0.865 bits per heavy atom. The van der Waals surface area contributed by atoms with Crippen molar-refractivity contribution in [1.29, 1.82) is 0 Å². The summed E-state index contributed by atoms with van der Waals surface area (Å²) in [6.07, 6.45) is 4.31. The number of amides is 2. The van der Waals surface area contributed by atoms with E-state index in [0.717, 1.165) is 41.7 Å². The van der Waals surface area contributed by atoms with E-state index in [9.17, 15) is 9.59 Å². The maximum absolute atomic E-state index is 13.8. The Kier molecular flexibility index (Phi) is 11.2. The number of rotatable bonds is 14. The first-order chi connectivity index (χ1) is 18.0. The molecule has 0 aliphatic heterocycles. The predicted octanol–water partition coefficient (Wildman–Crippen LogP) is 5.75. The minimum absolute atomic E-state index is 0.0334. The SMILES string of the molecule is CCCCNC(=O)[C@@H](Cc1ccccc1)N(Cc1cccc(OC)c1)C(=O)CCc1ccc(CC)cc1. The Labute approximate surface area is 221 Å². The van der Waals surface area contributed by atoms with Gasteiger partial charge in [0.2, 0.25) is 11.8 Å². The van der Waals surface area contributed by atoms with Gasteiger partial charge in [-0.3, -0.25) is 9.59 Å². The second kappa shape index (κ2) is 14.8. The third-order valence-corrected chi connectivity index (χ3v) is 6.65. The molecule has 3 aromatic rings. The van der Waals surface area contributed by atoms with Crippen molar-refractivity contribution in [3.8, 4) is 5.75 Å². The number of hydrogen-bond acceptors (Lipinski definition) is 3. The highest BCUT2D eigenvalue weighted by atomic mass is 16.5. The molecule has 5 nitrogen and oxygen atoms in total. The van der Waals surface area contributed by atoms with Crippen LogP contribution in [0.2, 0.25) is 0 Å². The molecule has 0 aromatic heterocycles. The molecule has 196 valence electrons. The second-order valence-electron chi connectivity index (χ2n) is 9.39. The number of benzene rings is 3. The maximum atomic E-state index is 13.8. The summed E-state index contributed by atoms with van der Waals surface area (Å²) in [5, 5.41) is 3.08. The lowest BCUT2D eigenvalue weighted by atomic mass is 10.0. The minimum atomic E-state index is -0.611. The fraction of sp³-hybridized carbons (Fsp3) is 0.375. The quantitative estimate of drug-likeness (QED) is 0.287. The van der Waals surface area contributed by atoms with Crippen LogP contribution in [-0.4, -0.2) is 36.4 Å². The molecule has 0 unspecified atom stereocenters. The molecule has 0 spiro atoms. The van der Waals surface area contributed by atoms with Crippen molar-refractivity contribution in [3.63, 3.8) is 0 Å². The molecule has 0 bridgehead atoms. The third-order valence-electron chi connectivity index (χ3n) is 6.65. The summed E-state index contributed by atoms with van der Waals surface area (Å²) in [5.41, 5.74) is 4.36. The van der Waals surface area contributed by atoms with Crippen molar-refractivity contribution < 1.29 is 14.3 Å². The van der Waals surface area contributed by atoms with E-state index in [1.165, 1.54) is 5.56 Å². The van der Waals surface area contributed by atoms with Crippen molar-refractivity contribution in [2.45, 2.75) is 65.0 Å². The van der Waals surface area contributed by atoms with Crippen molar-refractivity contribution in [3.05, 3.63) is 101 Å². The van der Waals surface area contributed by atoms with Gasteiger partial charge in [0, 0.05) is 25.9 Å². The molecular weight excluding hydrogens is 460 g/mol. The number of carbonyl (C=O) groups excluding carboxylic acids is 2. The zero-order valence-electron chi connectivity index (χ0n) is 22.4. The van der Waals surface area contributed by atoms with Crippen LogP contribution in [0.3, 0.4) is 0 Å². The Hall–Kier alpha value is -3.60. The van der Waals surface area contributed by atoms with Crippen LogP contribution in [0.4, 0.5) is 0 Å². The van der Waals surface area contributed by atoms with Crippen molar-refractivity contribution >= 4 is 11.8 Å². The molecule has 0 aliphatic carbocycles. The molecular formula is C32H40N2O3. The summed E-state index contributed by atoms with van der Waals surface area (Å²) in [5.74, 6) is 0.586. The van der Waals surface area contributed by atoms with Gasteiger partial charge in [-0.05, 0) is 53.6 Å². The fourth-order valence-electron chi connectivity index (χ4n) is 4.36. The molecule has 0 fully saturated rings. The fourth-order valence-corrected chi connectivity index (χ4v) is 4.36. The van der Waals surface area contributed by atoms with E-state index in [4.69, 9.17) is 4.74 Å². The van der Waals surface area contributed by atoms with E-state index in [1.54, 1.807) is 12.0 Å². The van der Waals surface area contributed by atoms with Crippen LogP contribution < -0.4 is 10.1 Å². The van der Waals surface area contributed by atoms with Gasteiger partial charge in [0.25, 0.3) is 0 Å². The monoisotopic (exact) mass is 500 g/mol. The third kappa shape index (κ3) is 8.78. The summed E-state index contributed by atoms with van der Waals surface area (Å²) in [7, 11) is 1.63. The number of aryl methyl sites for hydroxylation is 2. The molecule has 1 N–H and O–H groups in total. The van der Waals surface area contributed by atoms with Gasteiger partial charge < -0.3 is 15.0 Å². The highest BCUT2D eigenvalue weighted by molar-refractivity contribution is 5.88. The van der Waals surface area contributed by atoms with E-state index in [2.05, 4.69) is 43.4 Å². The van der Waals surface area contributed by atoms with Crippen LogP contribution in [0.15, 0.2) is 78.9 Å². The highest BCUT2D eigenvalue weighted by Gasteiger charge is 2.30. The van der Waals surface area contributed by atoms with Gasteiger partial charge in [0.15, 0.2) is 0 Å². The minimum Gasteiger partial charge on any atom is -0.497 e. The molecule has 0 aliphatic rings. The zero-order chi connectivity index (χ0) is 26.5. The van der Waals surface area contributed by atoms with Gasteiger partial charge in [-0.1, -0.05) is 87.0 Å². The molecule has 0 heterocycles. The molecule has 0 radical (unpaired) electrons. The van der Waals surface area contributed by atoms with Gasteiger partial charge >= 0.3 is 0 Å². The van der Waals surface area contributed by atoms with Gasteiger partial charge in [-0.15, -0.1) is 0 Å². The summed E-state index contributed by atoms with van der Waals surface area (Å²) < 4.78 is 5.41. The van der Waals surface area contributed by atoms with E-state index >= 15 is 0 Å². The normalized spacial score (nSPS) is 11.5. The largest absolute Gasteiger partial charge is 0.497 e. The number of unbranched alkanes of at least 4 members (excludes halogenated alkanes) is 1. The lowest BCUT2D eigenvalue weighted by Crippen LogP contribution is -2.50. The summed E-state index contributed by atoms with van der Waals surface area (Å²) in [6.45, 7) is 5.17. The van der Waals surface area contributed by atoms with Gasteiger partial charge in [-0.2, -0.15) is 0 Å². The molecule has 3 aromatic carbocycles. The first-order valence-corrected chi connectivity index (χ1v) is 13.4. The summed E-state index contributed by atoms with van der Waals surface area (Å²) >= 11 is 0. The number of nitrogens with zero attached hydrogens (tertiary/aromatic N) is 1. The Balaban J connectivity index is 1.88. The molecule has 1 atom stereocenters. The van der Waals surface area contributed by atoms with Crippen molar-refractivity contribution in [1.82, 2.24) is 10.2 Å². The number of methoxy groups -OCH3 is 1. The number of hydrogen-bond donors (Lipinski definition) is 1. The van der Waals surface area contributed by atoms with Gasteiger partial charge in [0.1, 0.15) is 11.8 Å². The standard InChI is InChI=1S/C32H40N2O3/c1-4-6-21-33-32(36)30(23-27-11-8-7-9-12-27)34(24-28-13-10-14-29(22-28)37-3)31(35)20-19-26-17-15-25(5-2)16-18-26/h7-18,22,30H,4-6,19-21,23-24H2,1-3H3,(H,33,36)/t30-/m1/s1. The van der Waals surface area contributed by atoms with Gasteiger partial charge in [-0.25, -0.2) is 0 Å². The van der Waals surface area contributed by atoms with Crippen LogP contribution >= 0.6 is 0 Å². The Morgan fingerprint density at radius 3 is 2.24 bits per heavy atom. The molecule has 5 heteroatoms. The molecule has 0 saturated heterocycles. The maximum Gasteiger partial charge on any atom is 0.243 e. The van der Waals surface area contributed by atoms with Crippen molar-refractivity contribution in [2.24, 2.45) is 0 Å². The van der Waals surface area contributed by atoms with Crippen LogP contribution in [0.1, 0.15) is 55.4 Å². The molecule has 2 amide bonds. The van der Waals surface area contributed by atoms with E-state index in [-0.39, 0.29) is 11.8 Å². The summed E-state index contributed by atoms with van der Waals surface area (Å²) in [4.78, 5) is 29.0. The topological polar surface area (TPSA) is 58.6 Å². The highest BCUT2D eigenvalue weighted by Crippen LogP contribution is 2.20. The smallest absolute Gasteiger partial charge is 0.243 e. The number of carbonyl (C=O) groups is 2. The van der Waals surface area contributed by atoms with Gasteiger partial charge in [0.05, 0.1) is 7.11 Å². The van der Waals surface area contributed by atoms with Crippen LogP contribution in [0.5, 0.6) is 5.75 Å². The Morgan fingerprint density at radius 2 is 1.57 bits per heavy atom. The molecule has 37 heavy (non-hydrogen) atoms. The predicted molar refractivity (Wildman–Crippen MR) is 150 cm³/mol. The average molecular weight is 501 g/mol. The van der Waals surface area contributed by atoms with Crippen LogP contribution in [0.25, 0.3) is 0 Å². The van der Waals surface area contributed by atoms with Crippen molar-refractivity contribution in [2.75, 3.05) is 13.7 Å². The Bertz CT molecular complexity index is 1110. The lowest BCUT2D eigenvalue weighted by molar-refractivity contribution is -0.141. The zero-order valence-corrected chi connectivity index (χ0v) is 22.4. The first kappa shape index (κ1) is 28.0. The molecule has 3 rings (SSSR count). The molecule has 0 saturated carbocycles. The van der Waals surface area contributed by atoms with E-state index < -0.39 is 6.04 Å². The summed E-state index contributed by atoms with van der Waals surface area (Å²) in [6, 6.07) is 25.4. The van der Waals surface area contributed by atoms with E-state index in [1.807, 2.05) is 54.6 Å². The first-order valence-electron chi connectivity index (χ1n) is 13.4. The van der Waals surface area contributed by atoms with Crippen LogP contribution in [-0.2, 0) is 35.4 Å². The average Bonchev–Trinajstić information content (AvgIpc) is 2.94. The second-order valence-corrected chi connectivity index (χ2v) is 9.39. The van der Waals surface area contributed by atoms with E-state index in [0.29, 0.717) is 32.4 Å². The lowest BCUT2D eigenvalue weighted by Gasteiger charge is -2.32. The van der Waals surface area contributed by atoms with Crippen LogP contribution in [0, 0.1) is 0 Å². The number of ether oxygens (including phenoxy) is 1. The number of nitrogens with one attached hydrogen (secondary N) is 1.